The molecule has 19 heavy (non-hydrogen) atoms. The van der Waals surface area contributed by atoms with Crippen molar-refractivity contribution in [1.29, 1.82) is 0 Å². The number of benzene rings is 2. The summed E-state index contributed by atoms with van der Waals surface area (Å²) in [5.74, 6) is -1.25. The second-order valence-electron chi connectivity index (χ2n) is 4.94. The molecule has 0 heterocycles. The Kier molecular flexibility index (Phi) is 4.00. The molecule has 0 aliphatic rings. The maximum Gasteiger partial charge on any atom is 0.311 e. The van der Waals surface area contributed by atoms with Crippen LogP contribution >= 0.6 is 0 Å². The monoisotopic (exact) mass is 254 g/mol. The van der Waals surface area contributed by atoms with Crippen molar-refractivity contribution in [2.45, 2.75) is 26.2 Å². The molecule has 2 heteroatoms. The fourth-order valence-corrected chi connectivity index (χ4v) is 2.27. The summed E-state index contributed by atoms with van der Waals surface area (Å²) in [6, 6.07) is 15.7. The quantitative estimate of drug-likeness (QED) is 0.903. The third kappa shape index (κ3) is 3.22. The van der Waals surface area contributed by atoms with Gasteiger partial charge in [0.1, 0.15) is 0 Å². The average molecular weight is 254 g/mol. The molecular weight excluding hydrogens is 236 g/mol. The van der Waals surface area contributed by atoms with Gasteiger partial charge in [-0.1, -0.05) is 54.1 Å². The summed E-state index contributed by atoms with van der Waals surface area (Å²) in [6.07, 6.45) is 0.528. The first kappa shape index (κ1) is 13.3. The van der Waals surface area contributed by atoms with Crippen LogP contribution in [-0.2, 0) is 11.2 Å². The second-order valence-corrected chi connectivity index (χ2v) is 4.94. The molecule has 0 aliphatic carbocycles. The van der Waals surface area contributed by atoms with Gasteiger partial charge in [-0.25, -0.2) is 0 Å². The second kappa shape index (κ2) is 5.70. The number of hydrogen-bond acceptors (Lipinski definition) is 1. The number of carboxylic acid groups (broad SMARTS) is 1. The Morgan fingerprint density at radius 3 is 2.26 bits per heavy atom. The molecule has 1 unspecified atom stereocenters. The van der Waals surface area contributed by atoms with E-state index in [-0.39, 0.29) is 0 Å². The summed E-state index contributed by atoms with van der Waals surface area (Å²) in [7, 11) is 0. The summed E-state index contributed by atoms with van der Waals surface area (Å²) in [6.45, 7) is 3.99. The molecule has 0 aromatic heterocycles. The lowest BCUT2D eigenvalue weighted by Crippen LogP contribution is -2.15. The van der Waals surface area contributed by atoms with Gasteiger partial charge in [-0.3, -0.25) is 4.79 Å². The lowest BCUT2D eigenvalue weighted by atomic mass is 9.89. The Bertz CT molecular complexity index is 570. The van der Waals surface area contributed by atoms with Gasteiger partial charge in [0.2, 0.25) is 0 Å². The smallest absolute Gasteiger partial charge is 0.311 e. The predicted molar refractivity (Wildman–Crippen MR) is 76.4 cm³/mol. The Hall–Kier alpha value is -2.09. The third-order valence-electron chi connectivity index (χ3n) is 3.42. The highest BCUT2D eigenvalue weighted by Gasteiger charge is 2.21. The van der Waals surface area contributed by atoms with Gasteiger partial charge in [0.25, 0.3) is 0 Å². The van der Waals surface area contributed by atoms with Crippen LogP contribution in [0.5, 0.6) is 0 Å². The van der Waals surface area contributed by atoms with E-state index in [0.29, 0.717) is 6.42 Å². The van der Waals surface area contributed by atoms with E-state index in [2.05, 4.69) is 0 Å². The summed E-state index contributed by atoms with van der Waals surface area (Å²) in [5.41, 5.74) is 4.17. The molecule has 0 radical (unpaired) electrons. The standard InChI is InChI=1S/C17H18O2/c1-12-7-9-14(10-8-12)11-16(17(18)19)15-6-4-3-5-13(15)2/h3-10,16H,11H2,1-2H3,(H,18,19). The van der Waals surface area contributed by atoms with Crippen molar-refractivity contribution in [3.63, 3.8) is 0 Å². The van der Waals surface area contributed by atoms with Crippen LogP contribution in [0.25, 0.3) is 0 Å². The Balaban J connectivity index is 2.29. The Morgan fingerprint density at radius 2 is 1.68 bits per heavy atom. The molecule has 2 aromatic carbocycles. The molecule has 0 fully saturated rings. The maximum atomic E-state index is 11.5. The van der Waals surface area contributed by atoms with Crippen molar-refractivity contribution in [1.82, 2.24) is 0 Å². The Labute approximate surface area is 113 Å². The lowest BCUT2D eigenvalue weighted by Gasteiger charge is -2.15. The maximum absolute atomic E-state index is 11.5. The van der Waals surface area contributed by atoms with Crippen LogP contribution in [0, 0.1) is 13.8 Å². The van der Waals surface area contributed by atoms with Crippen molar-refractivity contribution in [3.05, 3.63) is 70.8 Å². The largest absolute Gasteiger partial charge is 0.481 e. The molecule has 1 N–H and O–H groups in total. The molecule has 0 saturated carbocycles. The van der Waals surface area contributed by atoms with Crippen LogP contribution in [0.3, 0.4) is 0 Å². The van der Waals surface area contributed by atoms with Crippen molar-refractivity contribution < 1.29 is 9.90 Å². The van der Waals surface area contributed by atoms with E-state index in [9.17, 15) is 9.90 Å². The highest BCUT2D eigenvalue weighted by Crippen LogP contribution is 2.24. The van der Waals surface area contributed by atoms with Crippen LogP contribution < -0.4 is 0 Å². The van der Waals surface area contributed by atoms with E-state index in [1.54, 1.807) is 0 Å². The van der Waals surface area contributed by atoms with Crippen LogP contribution in [0.15, 0.2) is 48.5 Å². The van der Waals surface area contributed by atoms with Gasteiger partial charge in [0.05, 0.1) is 5.92 Å². The molecule has 2 aromatic rings. The van der Waals surface area contributed by atoms with Crippen molar-refractivity contribution in [3.8, 4) is 0 Å². The number of carbonyl (C=O) groups is 1. The summed E-state index contributed by atoms with van der Waals surface area (Å²) in [5, 5.41) is 9.47. The fourth-order valence-electron chi connectivity index (χ4n) is 2.27. The SMILES string of the molecule is Cc1ccc(CC(C(=O)O)c2ccccc2C)cc1. The van der Waals surface area contributed by atoms with Gasteiger partial charge in [0.15, 0.2) is 0 Å². The molecule has 0 aliphatic heterocycles. The van der Waals surface area contributed by atoms with Gasteiger partial charge in [-0.15, -0.1) is 0 Å². The van der Waals surface area contributed by atoms with Crippen LogP contribution in [0.1, 0.15) is 28.2 Å². The van der Waals surface area contributed by atoms with Crippen molar-refractivity contribution >= 4 is 5.97 Å². The van der Waals surface area contributed by atoms with E-state index in [1.165, 1.54) is 5.56 Å². The normalized spacial score (nSPS) is 12.1. The number of rotatable bonds is 4. The van der Waals surface area contributed by atoms with Crippen molar-refractivity contribution in [2.75, 3.05) is 0 Å². The summed E-state index contributed by atoms with van der Waals surface area (Å²) < 4.78 is 0. The molecule has 0 saturated heterocycles. The predicted octanol–water partition coefficient (Wildman–Crippen LogP) is 3.71. The van der Waals surface area contributed by atoms with E-state index in [4.69, 9.17) is 0 Å². The van der Waals surface area contributed by atoms with Gasteiger partial charge in [-0.05, 0) is 37.0 Å². The highest BCUT2D eigenvalue weighted by atomic mass is 16.4. The molecule has 0 spiro atoms. The molecule has 2 rings (SSSR count). The molecule has 98 valence electrons. The first-order valence-electron chi connectivity index (χ1n) is 6.42. The molecule has 2 nitrogen and oxygen atoms in total. The van der Waals surface area contributed by atoms with Crippen LogP contribution in [0.2, 0.25) is 0 Å². The summed E-state index contributed by atoms with van der Waals surface area (Å²) >= 11 is 0. The topological polar surface area (TPSA) is 37.3 Å². The zero-order valence-electron chi connectivity index (χ0n) is 11.3. The fraction of sp³-hybridized carbons (Fsp3) is 0.235. The van der Waals surface area contributed by atoms with Gasteiger partial charge in [0, 0.05) is 0 Å². The first-order valence-corrected chi connectivity index (χ1v) is 6.42. The minimum Gasteiger partial charge on any atom is -0.481 e. The zero-order chi connectivity index (χ0) is 13.8. The third-order valence-corrected chi connectivity index (χ3v) is 3.42. The van der Waals surface area contributed by atoms with E-state index >= 15 is 0 Å². The molecular formula is C17H18O2. The van der Waals surface area contributed by atoms with E-state index in [1.807, 2.05) is 62.4 Å². The average Bonchev–Trinajstić information content (AvgIpc) is 2.39. The van der Waals surface area contributed by atoms with Gasteiger partial charge in [-0.2, -0.15) is 0 Å². The molecule has 0 amide bonds. The minimum atomic E-state index is -0.769. The zero-order valence-corrected chi connectivity index (χ0v) is 11.3. The van der Waals surface area contributed by atoms with Crippen LogP contribution in [-0.4, -0.2) is 11.1 Å². The Morgan fingerprint density at radius 1 is 1.05 bits per heavy atom. The summed E-state index contributed by atoms with van der Waals surface area (Å²) in [4.78, 5) is 11.5. The minimum absolute atomic E-state index is 0.482. The van der Waals surface area contributed by atoms with Gasteiger partial charge < -0.3 is 5.11 Å². The molecule has 1 atom stereocenters. The number of aryl methyl sites for hydroxylation is 2. The number of carboxylic acids is 1. The number of hydrogen-bond donors (Lipinski definition) is 1. The van der Waals surface area contributed by atoms with E-state index < -0.39 is 11.9 Å². The first-order chi connectivity index (χ1) is 9.08. The number of aliphatic carboxylic acids is 1. The van der Waals surface area contributed by atoms with Crippen molar-refractivity contribution in [2.24, 2.45) is 0 Å². The molecule has 0 bridgehead atoms. The lowest BCUT2D eigenvalue weighted by molar-refractivity contribution is -0.138. The highest BCUT2D eigenvalue weighted by molar-refractivity contribution is 5.77. The van der Waals surface area contributed by atoms with Crippen LogP contribution in [0.4, 0.5) is 0 Å². The van der Waals surface area contributed by atoms with E-state index in [0.717, 1.165) is 16.7 Å². The van der Waals surface area contributed by atoms with Gasteiger partial charge >= 0.3 is 5.97 Å².